The maximum absolute atomic E-state index is 13.2. The summed E-state index contributed by atoms with van der Waals surface area (Å²) in [6.07, 6.45) is 8.13. The molecule has 0 fully saturated rings. The largest absolute Gasteiger partial charge is 0.445 e. The molecule has 1 aromatic carbocycles. The number of aromatic nitrogens is 3. The van der Waals surface area contributed by atoms with Crippen molar-refractivity contribution in [3.05, 3.63) is 90.6 Å². The summed E-state index contributed by atoms with van der Waals surface area (Å²) in [6, 6.07) is 11.7. The summed E-state index contributed by atoms with van der Waals surface area (Å²) < 4.78 is 46.6. The molecule has 0 amide bonds. The number of sulfonamides is 1. The zero-order valence-corrected chi connectivity index (χ0v) is 18.3. The zero-order chi connectivity index (χ0) is 23.0. The number of halogens is 2. The summed E-state index contributed by atoms with van der Waals surface area (Å²) in [5.41, 5.74) is 3.54. The van der Waals surface area contributed by atoms with Gasteiger partial charge in [0.25, 0.3) is 10.0 Å². The molecule has 0 unspecified atom stereocenters. The van der Waals surface area contributed by atoms with E-state index in [-0.39, 0.29) is 15.7 Å². The maximum atomic E-state index is 13.2. The number of nitrogens with zero attached hydrogens (tertiary/aromatic N) is 3. The van der Waals surface area contributed by atoms with Gasteiger partial charge in [-0.25, -0.2) is 22.8 Å². The molecule has 1 N–H and O–H groups in total. The minimum Gasteiger partial charge on any atom is -0.445 e. The third-order valence-electron chi connectivity index (χ3n) is 4.96. The van der Waals surface area contributed by atoms with Crippen LogP contribution in [0.5, 0.6) is 0 Å². The molecule has 164 valence electrons. The van der Waals surface area contributed by atoms with Gasteiger partial charge in [-0.1, -0.05) is 11.6 Å². The number of nitrogens with one attached hydrogen (secondary N) is 1. The summed E-state index contributed by atoms with van der Waals surface area (Å²) >= 11 is 6.16. The lowest BCUT2D eigenvalue weighted by atomic mass is 10.0. The molecule has 0 aliphatic carbocycles. The van der Waals surface area contributed by atoms with E-state index in [9.17, 15) is 12.8 Å². The van der Waals surface area contributed by atoms with Crippen molar-refractivity contribution in [2.24, 2.45) is 0 Å². The summed E-state index contributed by atoms with van der Waals surface area (Å²) in [4.78, 5) is 12.4. The fourth-order valence-corrected chi connectivity index (χ4v) is 4.59. The van der Waals surface area contributed by atoms with Crippen molar-refractivity contribution in [1.82, 2.24) is 15.0 Å². The number of benzene rings is 1. The van der Waals surface area contributed by atoms with Gasteiger partial charge in [-0.2, -0.15) is 0 Å². The fourth-order valence-electron chi connectivity index (χ4n) is 3.33. The number of hydrogen-bond donors (Lipinski definition) is 1. The van der Waals surface area contributed by atoms with Crippen LogP contribution in [0.15, 0.2) is 88.9 Å². The molecule has 0 aliphatic rings. The highest BCUT2D eigenvalue weighted by Crippen LogP contribution is 2.35. The molecule has 10 heteroatoms. The summed E-state index contributed by atoms with van der Waals surface area (Å²) in [5.74, 6) is -0.540. The van der Waals surface area contributed by atoms with E-state index < -0.39 is 15.8 Å². The highest BCUT2D eigenvalue weighted by molar-refractivity contribution is 7.92. The Bertz CT molecular complexity index is 1570. The minimum atomic E-state index is -4.01. The van der Waals surface area contributed by atoms with E-state index in [1.54, 1.807) is 24.7 Å². The van der Waals surface area contributed by atoms with Crippen LogP contribution < -0.4 is 4.72 Å². The lowest BCUT2D eigenvalue weighted by Gasteiger charge is -2.10. The van der Waals surface area contributed by atoms with Crippen LogP contribution in [-0.4, -0.2) is 23.4 Å². The quantitative estimate of drug-likeness (QED) is 0.331. The third-order valence-corrected chi connectivity index (χ3v) is 6.64. The van der Waals surface area contributed by atoms with Gasteiger partial charge in [-0.05, 0) is 54.1 Å². The first-order valence-electron chi connectivity index (χ1n) is 9.63. The van der Waals surface area contributed by atoms with Crippen molar-refractivity contribution < 1.29 is 17.2 Å². The molecule has 4 aromatic heterocycles. The van der Waals surface area contributed by atoms with Crippen LogP contribution >= 0.6 is 11.6 Å². The number of furan rings is 1. The van der Waals surface area contributed by atoms with Crippen molar-refractivity contribution in [3.63, 3.8) is 0 Å². The van der Waals surface area contributed by atoms with E-state index in [2.05, 4.69) is 19.7 Å². The minimum absolute atomic E-state index is 0.0344. The standard InChI is InChI=1S/C23H14ClFN4O3S/c24-22-21(29-33(30,31)18-3-1-17(25)2-4-18)10-16(12-27-22)20-13-32-23-19(20)9-15(11-28-23)14-5-7-26-8-6-14/h1-13,29H. The van der Waals surface area contributed by atoms with Crippen molar-refractivity contribution >= 4 is 38.4 Å². The topological polar surface area (TPSA) is 98.0 Å². The number of rotatable bonds is 5. The van der Waals surface area contributed by atoms with E-state index in [4.69, 9.17) is 16.0 Å². The van der Waals surface area contributed by atoms with Gasteiger partial charge in [0, 0.05) is 46.9 Å². The predicted octanol–water partition coefficient (Wildman–Crippen LogP) is 5.55. The van der Waals surface area contributed by atoms with Gasteiger partial charge in [-0.15, -0.1) is 0 Å². The Morgan fingerprint density at radius 3 is 2.39 bits per heavy atom. The molecule has 0 spiro atoms. The van der Waals surface area contributed by atoms with E-state index in [0.717, 1.165) is 28.6 Å². The molecule has 0 saturated carbocycles. The van der Waals surface area contributed by atoms with Crippen LogP contribution in [-0.2, 0) is 10.0 Å². The summed E-state index contributed by atoms with van der Waals surface area (Å²) in [6.45, 7) is 0. The first-order valence-corrected chi connectivity index (χ1v) is 11.5. The zero-order valence-electron chi connectivity index (χ0n) is 16.7. The van der Waals surface area contributed by atoms with E-state index in [0.29, 0.717) is 16.8 Å². The number of hydrogen-bond acceptors (Lipinski definition) is 6. The lowest BCUT2D eigenvalue weighted by Crippen LogP contribution is -2.13. The highest BCUT2D eigenvalue weighted by atomic mass is 35.5. The van der Waals surface area contributed by atoms with E-state index in [1.807, 2.05) is 18.2 Å². The molecular weight excluding hydrogens is 467 g/mol. The van der Waals surface area contributed by atoms with Crippen LogP contribution in [0.4, 0.5) is 10.1 Å². The molecule has 7 nitrogen and oxygen atoms in total. The molecule has 0 atom stereocenters. The van der Waals surface area contributed by atoms with Gasteiger partial charge in [0.2, 0.25) is 5.71 Å². The highest BCUT2D eigenvalue weighted by Gasteiger charge is 2.18. The lowest BCUT2D eigenvalue weighted by molar-refractivity contribution is 0.599. The molecule has 0 aliphatic heterocycles. The second-order valence-corrected chi connectivity index (χ2v) is 9.12. The third kappa shape index (κ3) is 4.15. The van der Waals surface area contributed by atoms with Crippen molar-refractivity contribution in [2.75, 3.05) is 4.72 Å². The van der Waals surface area contributed by atoms with Crippen molar-refractivity contribution in [2.45, 2.75) is 4.90 Å². The predicted molar refractivity (Wildman–Crippen MR) is 123 cm³/mol. The SMILES string of the molecule is O=S(=O)(Nc1cc(-c2coc3ncc(-c4ccncc4)cc23)cnc1Cl)c1ccc(F)cc1. The average Bonchev–Trinajstić information content (AvgIpc) is 3.24. The van der Waals surface area contributed by atoms with Gasteiger partial charge >= 0.3 is 0 Å². The Labute approximate surface area is 193 Å². The molecule has 0 bridgehead atoms. The van der Waals surface area contributed by atoms with Crippen molar-refractivity contribution in [1.29, 1.82) is 0 Å². The number of pyridine rings is 3. The van der Waals surface area contributed by atoms with Crippen molar-refractivity contribution in [3.8, 4) is 22.3 Å². The van der Waals surface area contributed by atoms with Gasteiger partial charge in [-0.3, -0.25) is 9.71 Å². The van der Waals surface area contributed by atoms with Gasteiger partial charge in [0.05, 0.1) is 10.6 Å². The Hall–Kier alpha value is -3.82. The van der Waals surface area contributed by atoms with E-state index >= 15 is 0 Å². The smallest absolute Gasteiger partial charge is 0.261 e. The molecule has 33 heavy (non-hydrogen) atoms. The van der Waals surface area contributed by atoms with Gasteiger partial charge in [0.1, 0.15) is 12.1 Å². The van der Waals surface area contributed by atoms with Gasteiger partial charge in [0.15, 0.2) is 5.15 Å². The maximum Gasteiger partial charge on any atom is 0.261 e. The van der Waals surface area contributed by atoms with Crippen LogP contribution in [0.25, 0.3) is 33.4 Å². The second kappa shape index (κ2) is 8.27. The van der Waals surface area contributed by atoms with Crippen LogP contribution in [0.3, 0.4) is 0 Å². The molecular formula is C23H14ClFN4O3S. The van der Waals surface area contributed by atoms with Crippen LogP contribution in [0.1, 0.15) is 0 Å². The summed E-state index contributed by atoms with van der Waals surface area (Å²) in [5, 5.41) is 0.689. The number of fused-ring (bicyclic) bond motifs is 1. The number of anilines is 1. The Balaban J connectivity index is 1.54. The van der Waals surface area contributed by atoms with E-state index in [1.165, 1.54) is 24.6 Å². The molecule has 5 rings (SSSR count). The molecule has 0 radical (unpaired) electrons. The Morgan fingerprint density at radius 2 is 1.64 bits per heavy atom. The molecule has 0 saturated heterocycles. The van der Waals surface area contributed by atoms with Crippen LogP contribution in [0, 0.1) is 5.82 Å². The fraction of sp³-hybridized carbons (Fsp3) is 0. The second-order valence-electron chi connectivity index (χ2n) is 7.08. The first-order chi connectivity index (χ1) is 15.9. The Kier molecular flexibility index (Phi) is 5.27. The van der Waals surface area contributed by atoms with Gasteiger partial charge < -0.3 is 4.42 Å². The first kappa shape index (κ1) is 21.0. The molecule has 5 aromatic rings. The Morgan fingerprint density at radius 1 is 0.909 bits per heavy atom. The average molecular weight is 481 g/mol. The normalized spacial score (nSPS) is 11.6. The monoisotopic (exact) mass is 480 g/mol. The molecule has 4 heterocycles. The summed E-state index contributed by atoms with van der Waals surface area (Å²) in [7, 11) is -4.01. The van der Waals surface area contributed by atoms with Crippen LogP contribution in [0.2, 0.25) is 5.15 Å².